The lowest BCUT2D eigenvalue weighted by molar-refractivity contribution is -0.119. The van der Waals surface area contributed by atoms with Crippen LogP contribution in [-0.4, -0.2) is 23.4 Å². The van der Waals surface area contributed by atoms with Gasteiger partial charge in [0.05, 0.1) is 10.6 Å². The summed E-state index contributed by atoms with van der Waals surface area (Å²) < 4.78 is 20.0. The Morgan fingerprint density at radius 3 is 2.73 bits per heavy atom. The number of hydrogen-bond acceptors (Lipinski definition) is 4. The monoisotopic (exact) mass is 468 g/mol. The van der Waals surface area contributed by atoms with Gasteiger partial charge in [0.1, 0.15) is 23.0 Å². The predicted octanol–water partition coefficient (Wildman–Crippen LogP) is 6.17. The first-order chi connectivity index (χ1) is 16.0. The molecule has 1 fully saturated rings. The molecule has 1 amide bonds. The third-order valence-electron chi connectivity index (χ3n) is 6.31. The number of amides is 1. The zero-order chi connectivity index (χ0) is 23.4. The molecule has 7 heteroatoms. The molecule has 1 aliphatic rings. The van der Waals surface area contributed by atoms with E-state index in [1.165, 1.54) is 12.1 Å². The smallest absolute Gasteiger partial charge is 0.214 e. The number of carbonyl (C=O) groups is 2. The van der Waals surface area contributed by atoms with Gasteiger partial charge in [-0.2, -0.15) is 0 Å². The minimum absolute atomic E-state index is 0.114. The van der Waals surface area contributed by atoms with Crippen molar-refractivity contribution in [3.63, 3.8) is 0 Å². The van der Waals surface area contributed by atoms with Gasteiger partial charge in [-0.15, -0.1) is 0 Å². The fourth-order valence-electron chi connectivity index (χ4n) is 4.80. The van der Waals surface area contributed by atoms with Crippen molar-refractivity contribution < 1.29 is 18.5 Å². The number of hydrogen-bond donors (Lipinski definition) is 0. The quantitative estimate of drug-likeness (QED) is 0.371. The Balaban J connectivity index is 1.53. The Morgan fingerprint density at radius 2 is 2.00 bits per heavy atom. The molecule has 2 atom stereocenters. The van der Waals surface area contributed by atoms with Crippen molar-refractivity contribution >= 4 is 29.5 Å². The fourth-order valence-corrected chi connectivity index (χ4v) is 5.05. The Labute approximate surface area is 197 Å². The van der Waals surface area contributed by atoms with Gasteiger partial charge in [-0.3, -0.25) is 9.59 Å². The zero-order valence-corrected chi connectivity index (χ0v) is 19.2. The summed E-state index contributed by atoms with van der Waals surface area (Å²) in [7, 11) is 0. The van der Waals surface area contributed by atoms with Crippen LogP contribution in [0.4, 0.5) is 10.1 Å². The van der Waals surface area contributed by atoms with Gasteiger partial charge in [-0.25, -0.2) is 4.39 Å². The van der Waals surface area contributed by atoms with E-state index >= 15 is 0 Å². The van der Waals surface area contributed by atoms with Gasteiger partial charge in [0.2, 0.25) is 6.41 Å². The lowest BCUT2D eigenvalue weighted by atomic mass is 9.81. The molecule has 1 saturated carbocycles. The van der Waals surface area contributed by atoms with Crippen LogP contribution in [0.2, 0.25) is 5.02 Å². The molecule has 0 N–H and O–H groups in total. The molecule has 3 aromatic rings. The van der Waals surface area contributed by atoms with Crippen molar-refractivity contribution in [2.24, 2.45) is 5.92 Å². The molecule has 172 valence electrons. The van der Waals surface area contributed by atoms with E-state index in [9.17, 15) is 14.0 Å². The number of anilines is 1. The van der Waals surface area contributed by atoms with Gasteiger partial charge < -0.3 is 9.42 Å². The van der Waals surface area contributed by atoms with Crippen LogP contribution in [0.3, 0.4) is 0 Å². The summed E-state index contributed by atoms with van der Waals surface area (Å²) in [5, 5.41) is 4.23. The average molecular weight is 469 g/mol. The third kappa shape index (κ3) is 5.17. The van der Waals surface area contributed by atoms with Crippen molar-refractivity contribution in [2.75, 3.05) is 4.90 Å². The summed E-state index contributed by atoms with van der Waals surface area (Å²) in [4.78, 5) is 26.5. The minimum Gasteiger partial charge on any atom is -0.359 e. The van der Waals surface area contributed by atoms with Gasteiger partial charge in [-0.1, -0.05) is 59.6 Å². The summed E-state index contributed by atoms with van der Waals surface area (Å²) in [6.45, 7) is 1.70. The molecule has 0 aliphatic heterocycles. The lowest BCUT2D eigenvalue weighted by Crippen LogP contribution is -2.39. The molecule has 4 rings (SSSR count). The highest BCUT2D eigenvalue weighted by Gasteiger charge is 2.33. The lowest BCUT2D eigenvalue weighted by Gasteiger charge is -2.35. The van der Waals surface area contributed by atoms with E-state index in [2.05, 4.69) is 5.16 Å². The summed E-state index contributed by atoms with van der Waals surface area (Å²) in [5.41, 5.74) is 1.77. The van der Waals surface area contributed by atoms with E-state index in [0.717, 1.165) is 31.2 Å². The third-order valence-corrected chi connectivity index (χ3v) is 6.63. The molecular formula is C26H26ClFN2O3. The maximum absolute atomic E-state index is 14.6. The van der Waals surface area contributed by atoms with Crippen LogP contribution >= 0.6 is 11.6 Å². The maximum Gasteiger partial charge on any atom is 0.214 e. The van der Waals surface area contributed by atoms with Crippen molar-refractivity contribution in [3.05, 3.63) is 70.7 Å². The minimum atomic E-state index is -0.532. The number of ketones is 1. The largest absolute Gasteiger partial charge is 0.359 e. The van der Waals surface area contributed by atoms with Crippen LogP contribution in [0, 0.1) is 18.7 Å². The molecule has 0 radical (unpaired) electrons. The molecule has 0 saturated heterocycles. The van der Waals surface area contributed by atoms with Gasteiger partial charge in [0.25, 0.3) is 0 Å². The Hall–Kier alpha value is -2.99. The first kappa shape index (κ1) is 23.2. The molecule has 1 aliphatic carbocycles. The highest BCUT2D eigenvalue weighted by atomic mass is 35.5. The molecular weight excluding hydrogens is 443 g/mol. The van der Waals surface area contributed by atoms with Crippen LogP contribution in [0.5, 0.6) is 0 Å². The fraction of sp³-hybridized carbons (Fsp3) is 0.346. The molecule has 0 bridgehead atoms. The van der Waals surface area contributed by atoms with E-state index in [-0.39, 0.29) is 34.0 Å². The molecule has 5 nitrogen and oxygen atoms in total. The maximum atomic E-state index is 14.6. The second-order valence-corrected chi connectivity index (χ2v) is 9.04. The average Bonchev–Trinajstić information content (AvgIpc) is 3.16. The number of nitrogens with zero attached hydrogens (tertiary/aromatic N) is 2. The Morgan fingerprint density at radius 1 is 1.21 bits per heavy atom. The molecule has 2 aromatic carbocycles. The normalized spacial score (nSPS) is 18.2. The molecule has 0 spiro atoms. The SMILES string of the molecule is Cc1onc(-c2c(F)cccc2Cl)c1N(C=O)C1CCCC(CC(=O)Cc2ccccc2)C1. The van der Waals surface area contributed by atoms with E-state index < -0.39 is 5.82 Å². The Bertz CT molecular complexity index is 1110. The van der Waals surface area contributed by atoms with E-state index in [1.54, 1.807) is 17.9 Å². The first-order valence-electron chi connectivity index (χ1n) is 11.2. The summed E-state index contributed by atoms with van der Waals surface area (Å²) in [5.74, 6) is 0.266. The van der Waals surface area contributed by atoms with Crippen molar-refractivity contribution in [3.8, 4) is 11.3 Å². The number of halogens is 2. The highest BCUT2D eigenvalue weighted by molar-refractivity contribution is 6.33. The summed E-state index contributed by atoms with van der Waals surface area (Å²) >= 11 is 6.26. The van der Waals surface area contributed by atoms with Crippen molar-refractivity contribution in [2.45, 2.75) is 51.5 Å². The number of benzene rings is 2. The van der Waals surface area contributed by atoms with E-state index in [1.807, 2.05) is 30.3 Å². The molecule has 2 unspecified atom stereocenters. The van der Waals surface area contributed by atoms with Gasteiger partial charge in [0.15, 0.2) is 5.76 Å². The van der Waals surface area contributed by atoms with Gasteiger partial charge >= 0.3 is 0 Å². The van der Waals surface area contributed by atoms with Gasteiger partial charge in [-0.05, 0) is 49.8 Å². The van der Waals surface area contributed by atoms with E-state index in [4.69, 9.17) is 16.1 Å². The van der Waals surface area contributed by atoms with Crippen LogP contribution in [0.1, 0.15) is 43.4 Å². The molecule has 33 heavy (non-hydrogen) atoms. The second kappa shape index (κ2) is 10.3. The van der Waals surface area contributed by atoms with Crippen molar-refractivity contribution in [1.82, 2.24) is 5.16 Å². The molecule has 1 aromatic heterocycles. The summed E-state index contributed by atoms with van der Waals surface area (Å²) in [6.07, 6.45) is 4.96. The van der Waals surface area contributed by atoms with Crippen LogP contribution in [0.25, 0.3) is 11.3 Å². The number of carbonyl (C=O) groups excluding carboxylic acids is 2. The standard InChI is InChI=1S/C26H26ClFN2O3/c1-17-26(25(29-33-17)24-22(27)11-6-12-23(24)28)30(16-31)20-10-5-9-19(13-20)15-21(32)14-18-7-3-2-4-8-18/h2-4,6-8,11-12,16,19-20H,5,9-10,13-15H2,1H3. The first-order valence-corrected chi connectivity index (χ1v) is 11.6. The molecule has 1 heterocycles. The second-order valence-electron chi connectivity index (χ2n) is 8.64. The highest BCUT2D eigenvalue weighted by Crippen LogP contribution is 2.41. The zero-order valence-electron chi connectivity index (χ0n) is 18.5. The number of rotatable bonds is 8. The van der Waals surface area contributed by atoms with Crippen LogP contribution in [-0.2, 0) is 16.0 Å². The predicted molar refractivity (Wildman–Crippen MR) is 126 cm³/mol. The van der Waals surface area contributed by atoms with Crippen molar-refractivity contribution in [1.29, 1.82) is 0 Å². The van der Waals surface area contributed by atoms with Gasteiger partial charge in [0, 0.05) is 18.9 Å². The van der Waals surface area contributed by atoms with E-state index in [0.29, 0.717) is 30.7 Å². The van der Waals surface area contributed by atoms with Crippen LogP contribution in [0.15, 0.2) is 53.1 Å². The number of aryl methyl sites for hydroxylation is 1. The number of Topliss-reactive ketones (excluding diaryl/α,β-unsaturated/α-hetero) is 1. The Kier molecular flexibility index (Phi) is 7.23. The van der Waals surface area contributed by atoms with Crippen LogP contribution < -0.4 is 4.90 Å². The number of aromatic nitrogens is 1. The topological polar surface area (TPSA) is 63.4 Å². The summed E-state index contributed by atoms with van der Waals surface area (Å²) in [6, 6.07) is 14.0.